The van der Waals surface area contributed by atoms with Crippen molar-refractivity contribution in [3.63, 3.8) is 0 Å². The Bertz CT molecular complexity index is 406. The number of hydrogen-bond acceptors (Lipinski definition) is 2. The molecule has 0 atom stereocenters. The van der Waals surface area contributed by atoms with E-state index in [1.807, 2.05) is 32.0 Å². The van der Waals surface area contributed by atoms with Crippen LogP contribution in [-0.2, 0) is 0 Å². The molecule has 0 aliphatic rings. The SMILES string of the molecule is CC(C)Oc1ccc2nc[nH]c2c1. The highest BCUT2D eigenvalue weighted by Gasteiger charge is 2.00. The largest absolute Gasteiger partial charge is 0.491 e. The van der Waals surface area contributed by atoms with Crippen molar-refractivity contribution in [3.05, 3.63) is 24.5 Å². The van der Waals surface area contributed by atoms with Crippen LogP contribution in [0.2, 0.25) is 0 Å². The maximum Gasteiger partial charge on any atom is 0.121 e. The fourth-order valence-corrected chi connectivity index (χ4v) is 1.26. The molecule has 1 heterocycles. The summed E-state index contributed by atoms with van der Waals surface area (Å²) in [6.07, 6.45) is 1.89. The summed E-state index contributed by atoms with van der Waals surface area (Å²) in [5.41, 5.74) is 1.98. The van der Waals surface area contributed by atoms with Gasteiger partial charge in [0.1, 0.15) is 5.75 Å². The number of H-pyrrole nitrogens is 1. The van der Waals surface area contributed by atoms with Gasteiger partial charge in [0.15, 0.2) is 0 Å². The number of ether oxygens (including phenoxy) is 1. The summed E-state index contributed by atoms with van der Waals surface area (Å²) in [5.74, 6) is 0.881. The summed E-state index contributed by atoms with van der Waals surface area (Å²) in [6, 6.07) is 5.84. The number of imidazole rings is 1. The van der Waals surface area contributed by atoms with Crippen LogP contribution in [0.3, 0.4) is 0 Å². The number of nitrogens with zero attached hydrogens (tertiary/aromatic N) is 1. The molecule has 3 nitrogen and oxygen atoms in total. The Morgan fingerprint density at radius 1 is 1.38 bits per heavy atom. The number of aromatic nitrogens is 2. The van der Waals surface area contributed by atoms with Crippen LogP contribution < -0.4 is 4.74 Å². The van der Waals surface area contributed by atoms with Crippen molar-refractivity contribution in [3.8, 4) is 5.75 Å². The topological polar surface area (TPSA) is 37.9 Å². The molecule has 1 aromatic carbocycles. The van der Waals surface area contributed by atoms with Crippen LogP contribution in [0.5, 0.6) is 5.75 Å². The van der Waals surface area contributed by atoms with Gasteiger partial charge in [-0.15, -0.1) is 0 Å². The second kappa shape index (κ2) is 3.09. The number of fused-ring (bicyclic) bond motifs is 1. The maximum absolute atomic E-state index is 5.54. The number of rotatable bonds is 2. The fourth-order valence-electron chi connectivity index (χ4n) is 1.26. The van der Waals surface area contributed by atoms with Crippen LogP contribution in [0.1, 0.15) is 13.8 Å². The molecule has 0 radical (unpaired) electrons. The molecule has 0 aliphatic heterocycles. The van der Waals surface area contributed by atoms with Gasteiger partial charge in [-0.05, 0) is 26.0 Å². The molecule has 0 bridgehead atoms. The first kappa shape index (κ1) is 8.10. The summed E-state index contributed by atoms with van der Waals surface area (Å²) >= 11 is 0. The zero-order valence-corrected chi connectivity index (χ0v) is 7.74. The van der Waals surface area contributed by atoms with Crippen molar-refractivity contribution in [2.45, 2.75) is 20.0 Å². The maximum atomic E-state index is 5.54. The normalized spacial score (nSPS) is 11.0. The van der Waals surface area contributed by atoms with Crippen LogP contribution in [0.15, 0.2) is 24.5 Å². The quantitative estimate of drug-likeness (QED) is 0.762. The minimum Gasteiger partial charge on any atom is -0.491 e. The van der Waals surface area contributed by atoms with Gasteiger partial charge in [0.2, 0.25) is 0 Å². The highest BCUT2D eigenvalue weighted by Crippen LogP contribution is 2.18. The molecule has 1 N–H and O–H groups in total. The summed E-state index contributed by atoms with van der Waals surface area (Å²) in [6.45, 7) is 4.02. The Morgan fingerprint density at radius 3 is 3.00 bits per heavy atom. The molecule has 2 rings (SSSR count). The molecule has 68 valence electrons. The van der Waals surface area contributed by atoms with Crippen molar-refractivity contribution in [2.24, 2.45) is 0 Å². The van der Waals surface area contributed by atoms with Crippen molar-refractivity contribution in [2.75, 3.05) is 0 Å². The van der Waals surface area contributed by atoms with Gasteiger partial charge in [-0.25, -0.2) is 4.98 Å². The first-order chi connectivity index (χ1) is 6.25. The standard InChI is InChI=1S/C10H12N2O/c1-7(2)13-8-3-4-9-10(5-8)12-6-11-9/h3-7H,1-2H3,(H,11,12). The van der Waals surface area contributed by atoms with E-state index in [-0.39, 0.29) is 6.10 Å². The van der Waals surface area contributed by atoms with Gasteiger partial charge in [-0.3, -0.25) is 0 Å². The van der Waals surface area contributed by atoms with E-state index >= 15 is 0 Å². The molecular weight excluding hydrogens is 164 g/mol. The first-order valence-corrected chi connectivity index (χ1v) is 4.35. The second-order valence-electron chi connectivity index (χ2n) is 3.25. The molecule has 0 saturated carbocycles. The Kier molecular flexibility index (Phi) is 1.93. The Morgan fingerprint density at radius 2 is 2.23 bits per heavy atom. The van der Waals surface area contributed by atoms with Crippen LogP contribution in [0.4, 0.5) is 0 Å². The minimum atomic E-state index is 0.209. The number of hydrogen-bond donors (Lipinski definition) is 1. The zero-order chi connectivity index (χ0) is 9.26. The lowest BCUT2D eigenvalue weighted by Crippen LogP contribution is -2.05. The Labute approximate surface area is 76.8 Å². The first-order valence-electron chi connectivity index (χ1n) is 4.35. The summed E-state index contributed by atoms with van der Waals surface area (Å²) in [5, 5.41) is 0. The van der Waals surface area contributed by atoms with Gasteiger partial charge in [0, 0.05) is 6.07 Å². The average molecular weight is 176 g/mol. The molecular formula is C10H12N2O. The third-order valence-electron chi connectivity index (χ3n) is 1.76. The van der Waals surface area contributed by atoms with Crippen molar-refractivity contribution in [1.82, 2.24) is 9.97 Å². The fraction of sp³-hybridized carbons (Fsp3) is 0.300. The van der Waals surface area contributed by atoms with Gasteiger partial charge in [0.05, 0.1) is 23.5 Å². The van der Waals surface area contributed by atoms with Crippen LogP contribution in [0, 0.1) is 0 Å². The van der Waals surface area contributed by atoms with Gasteiger partial charge >= 0.3 is 0 Å². The Balaban J connectivity index is 2.37. The highest BCUT2D eigenvalue weighted by molar-refractivity contribution is 5.75. The molecule has 0 saturated heterocycles. The van der Waals surface area contributed by atoms with Crippen LogP contribution >= 0.6 is 0 Å². The van der Waals surface area contributed by atoms with E-state index in [1.165, 1.54) is 0 Å². The molecule has 3 heteroatoms. The van der Waals surface area contributed by atoms with Gasteiger partial charge in [0.25, 0.3) is 0 Å². The number of aromatic amines is 1. The van der Waals surface area contributed by atoms with E-state index in [2.05, 4.69) is 9.97 Å². The van der Waals surface area contributed by atoms with E-state index in [0.717, 1.165) is 16.8 Å². The molecule has 0 spiro atoms. The molecule has 0 fully saturated rings. The second-order valence-corrected chi connectivity index (χ2v) is 3.25. The molecule has 0 aliphatic carbocycles. The monoisotopic (exact) mass is 176 g/mol. The van der Waals surface area contributed by atoms with Crippen LogP contribution in [0.25, 0.3) is 11.0 Å². The summed E-state index contributed by atoms with van der Waals surface area (Å²) in [7, 11) is 0. The van der Waals surface area contributed by atoms with E-state index in [0.29, 0.717) is 0 Å². The third kappa shape index (κ3) is 1.64. The van der Waals surface area contributed by atoms with Crippen molar-refractivity contribution in [1.29, 1.82) is 0 Å². The van der Waals surface area contributed by atoms with Crippen LogP contribution in [-0.4, -0.2) is 16.1 Å². The Hall–Kier alpha value is -1.51. The third-order valence-corrected chi connectivity index (χ3v) is 1.76. The average Bonchev–Trinajstić information content (AvgIpc) is 2.49. The molecule has 1 aromatic heterocycles. The number of benzene rings is 1. The smallest absolute Gasteiger partial charge is 0.121 e. The zero-order valence-electron chi connectivity index (χ0n) is 7.74. The lowest BCUT2D eigenvalue weighted by molar-refractivity contribution is 0.242. The van der Waals surface area contributed by atoms with E-state index in [9.17, 15) is 0 Å². The summed E-state index contributed by atoms with van der Waals surface area (Å²) in [4.78, 5) is 7.17. The number of nitrogens with one attached hydrogen (secondary N) is 1. The predicted octanol–water partition coefficient (Wildman–Crippen LogP) is 2.35. The predicted molar refractivity (Wildman–Crippen MR) is 51.9 cm³/mol. The molecule has 2 aromatic rings. The lowest BCUT2D eigenvalue weighted by atomic mass is 10.3. The van der Waals surface area contributed by atoms with E-state index in [1.54, 1.807) is 6.33 Å². The molecule has 0 unspecified atom stereocenters. The van der Waals surface area contributed by atoms with Gasteiger partial charge < -0.3 is 9.72 Å². The van der Waals surface area contributed by atoms with Crippen molar-refractivity contribution >= 4 is 11.0 Å². The van der Waals surface area contributed by atoms with Crippen molar-refractivity contribution < 1.29 is 4.74 Å². The molecule has 13 heavy (non-hydrogen) atoms. The highest BCUT2D eigenvalue weighted by atomic mass is 16.5. The molecule has 0 amide bonds. The van der Waals surface area contributed by atoms with Gasteiger partial charge in [-0.2, -0.15) is 0 Å². The summed E-state index contributed by atoms with van der Waals surface area (Å²) < 4.78 is 5.54. The van der Waals surface area contributed by atoms with Gasteiger partial charge in [-0.1, -0.05) is 0 Å². The lowest BCUT2D eigenvalue weighted by Gasteiger charge is -2.08. The minimum absolute atomic E-state index is 0.209. The van der Waals surface area contributed by atoms with E-state index < -0.39 is 0 Å². The van der Waals surface area contributed by atoms with E-state index in [4.69, 9.17) is 4.74 Å².